The summed E-state index contributed by atoms with van der Waals surface area (Å²) >= 11 is 0. The van der Waals surface area contributed by atoms with Gasteiger partial charge in [-0.05, 0) is 36.8 Å². The van der Waals surface area contributed by atoms with E-state index in [2.05, 4.69) is 4.98 Å². The van der Waals surface area contributed by atoms with E-state index in [-0.39, 0.29) is 12.6 Å². The van der Waals surface area contributed by atoms with Gasteiger partial charge in [0.05, 0.1) is 18.4 Å². The molecule has 5 heteroatoms. The van der Waals surface area contributed by atoms with Crippen molar-refractivity contribution in [1.82, 2.24) is 4.98 Å². The normalized spacial score (nSPS) is 10.3. The Bertz CT molecular complexity index is 909. The fraction of sp³-hybridized carbons (Fsp3) is 0.182. The molecule has 0 bridgehead atoms. The average molecular weight is 363 g/mol. The Morgan fingerprint density at radius 3 is 2.37 bits per heavy atom. The smallest absolute Gasteiger partial charge is 0.338 e. The Morgan fingerprint density at radius 1 is 0.926 bits per heavy atom. The number of aromatic nitrogens is 1. The van der Waals surface area contributed by atoms with E-state index in [0.29, 0.717) is 23.7 Å². The van der Waals surface area contributed by atoms with E-state index < -0.39 is 0 Å². The molecule has 0 N–H and O–H groups in total. The van der Waals surface area contributed by atoms with Crippen LogP contribution >= 0.6 is 0 Å². The number of hydrogen-bond donors (Lipinski definition) is 0. The third-order valence-electron chi connectivity index (χ3n) is 4.06. The van der Waals surface area contributed by atoms with E-state index in [1.807, 2.05) is 67.6 Å². The lowest BCUT2D eigenvalue weighted by Gasteiger charge is -2.13. The molecule has 3 aromatic rings. The molecule has 0 saturated heterocycles. The number of ether oxygens (including phenoxy) is 3. The van der Waals surface area contributed by atoms with Gasteiger partial charge in [-0.15, -0.1) is 0 Å². The highest BCUT2D eigenvalue weighted by molar-refractivity contribution is 5.92. The summed E-state index contributed by atoms with van der Waals surface area (Å²) in [4.78, 5) is 16.3. The maximum absolute atomic E-state index is 12.0. The van der Waals surface area contributed by atoms with Crippen LogP contribution in [0.1, 0.15) is 27.2 Å². The monoisotopic (exact) mass is 363 g/mol. The molecule has 27 heavy (non-hydrogen) atoms. The second kappa shape index (κ2) is 8.85. The number of nitrogens with zero attached hydrogens (tertiary/aromatic N) is 1. The number of benzene rings is 2. The SMILES string of the molecule is COC(=O)c1c(C)cccc1COc1cccc(OCc2ccccn2)c1. The summed E-state index contributed by atoms with van der Waals surface area (Å²) in [6.45, 7) is 2.52. The number of aryl methyl sites for hydroxylation is 1. The summed E-state index contributed by atoms with van der Waals surface area (Å²) in [5.41, 5.74) is 3.03. The van der Waals surface area contributed by atoms with Crippen LogP contribution in [0.4, 0.5) is 0 Å². The number of pyridine rings is 1. The van der Waals surface area contributed by atoms with Gasteiger partial charge in [0, 0.05) is 17.8 Å². The van der Waals surface area contributed by atoms with Crippen molar-refractivity contribution < 1.29 is 19.0 Å². The fourth-order valence-corrected chi connectivity index (χ4v) is 2.70. The number of carbonyl (C=O) groups is 1. The maximum atomic E-state index is 12.0. The van der Waals surface area contributed by atoms with Crippen molar-refractivity contribution in [2.75, 3.05) is 7.11 Å². The van der Waals surface area contributed by atoms with Crippen LogP contribution in [0.25, 0.3) is 0 Å². The van der Waals surface area contributed by atoms with Crippen LogP contribution in [0.5, 0.6) is 11.5 Å². The first kappa shape index (κ1) is 18.5. The fourth-order valence-electron chi connectivity index (χ4n) is 2.70. The molecule has 0 saturated carbocycles. The summed E-state index contributed by atoms with van der Waals surface area (Å²) < 4.78 is 16.5. The molecule has 0 radical (unpaired) electrons. The predicted molar refractivity (Wildman–Crippen MR) is 102 cm³/mol. The first-order valence-corrected chi connectivity index (χ1v) is 8.60. The highest BCUT2D eigenvalue weighted by atomic mass is 16.5. The zero-order valence-corrected chi connectivity index (χ0v) is 15.3. The Labute approximate surface area is 158 Å². The molecular formula is C22H21NO4. The highest BCUT2D eigenvalue weighted by Crippen LogP contribution is 2.23. The van der Waals surface area contributed by atoms with Gasteiger partial charge in [-0.3, -0.25) is 4.98 Å². The van der Waals surface area contributed by atoms with E-state index in [4.69, 9.17) is 14.2 Å². The molecule has 0 amide bonds. The van der Waals surface area contributed by atoms with E-state index >= 15 is 0 Å². The maximum Gasteiger partial charge on any atom is 0.338 e. The van der Waals surface area contributed by atoms with Crippen LogP contribution in [0.2, 0.25) is 0 Å². The highest BCUT2D eigenvalue weighted by Gasteiger charge is 2.15. The van der Waals surface area contributed by atoms with Gasteiger partial charge in [-0.1, -0.05) is 30.3 Å². The summed E-state index contributed by atoms with van der Waals surface area (Å²) in [5, 5.41) is 0. The molecule has 0 spiro atoms. The molecule has 1 heterocycles. The van der Waals surface area contributed by atoms with Crippen molar-refractivity contribution >= 4 is 5.97 Å². The molecule has 5 nitrogen and oxygen atoms in total. The Kier molecular flexibility index (Phi) is 6.05. The topological polar surface area (TPSA) is 57.7 Å². The number of esters is 1. The largest absolute Gasteiger partial charge is 0.489 e. The molecule has 138 valence electrons. The minimum Gasteiger partial charge on any atom is -0.489 e. The molecule has 0 atom stereocenters. The molecule has 1 aromatic heterocycles. The summed E-state index contributed by atoms with van der Waals surface area (Å²) in [6, 6.07) is 18.7. The van der Waals surface area contributed by atoms with Crippen LogP contribution in [0.3, 0.4) is 0 Å². The van der Waals surface area contributed by atoms with Gasteiger partial charge < -0.3 is 14.2 Å². The summed E-state index contributed by atoms with van der Waals surface area (Å²) in [6.07, 6.45) is 1.74. The zero-order valence-electron chi connectivity index (χ0n) is 15.3. The number of hydrogen-bond acceptors (Lipinski definition) is 5. The van der Waals surface area contributed by atoms with Crippen LogP contribution in [0.15, 0.2) is 66.9 Å². The van der Waals surface area contributed by atoms with Crippen LogP contribution in [-0.4, -0.2) is 18.1 Å². The van der Waals surface area contributed by atoms with E-state index in [1.165, 1.54) is 7.11 Å². The average Bonchev–Trinajstić information content (AvgIpc) is 2.71. The summed E-state index contributed by atoms with van der Waals surface area (Å²) in [7, 11) is 1.38. The first-order valence-electron chi connectivity index (χ1n) is 8.60. The van der Waals surface area contributed by atoms with Crippen molar-refractivity contribution in [3.05, 3.63) is 89.2 Å². The van der Waals surface area contributed by atoms with Crippen molar-refractivity contribution in [1.29, 1.82) is 0 Å². The Balaban J connectivity index is 1.67. The van der Waals surface area contributed by atoms with Gasteiger partial charge >= 0.3 is 5.97 Å². The predicted octanol–water partition coefficient (Wildman–Crippen LogP) is 4.33. The van der Waals surface area contributed by atoms with Crippen molar-refractivity contribution in [3.63, 3.8) is 0 Å². The van der Waals surface area contributed by atoms with Crippen molar-refractivity contribution in [2.24, 2.45) is 0 Å². The molecule has 3 rings (SSSR count). The lowest BCUT2D eigenvalue weighted by atomic mass is 10.0. The zero-order chi connectivity index (χ0) is 19.1. The van der Waals surface area contributed by atoms with E-state index in [1.54, 1.807) is 6.20 Å². The Morgan fingerprint density at radius 2 is 1.67 bits per heavy atom. The second-order valence-corrected chi connectivity index (χ2v) is 5.97. The number of methoxy groups -OCH3 is 1. The third-order valence-corrected chi connectivity index (χ3v) is 4.06. The van der Waals surface area contributed by atoms with Gasteiger partial charge in [0.25, 0.3) is 0 Å². The standard InChI is InChI=1S/C22H21NO4/c1-16-7-5-8-17(21(16)22(24)25-2)14-26-19-10-6-11-20(13-19)27-15-18-9-3-4-12-23-18/h3-13H,14-15H2,1-2H3. The van der Waals surface area contributed by atoms with E-state index in [0.717, 1.165) is 16.8 Å². The second-order valence-electron chi connectivity index (χ2n) is 5.97. The van der Waals surface area contributed by atoms with Gasteiger partial charge in [0.1, 0.15) is 24.7 Å². The van der Waals surface area contributed by atoms with Gasteiger partial charge in [-0.25, -0.2) is 4.79 Å². The van der Waals surface area contributed by atoms with Gasteiger partial charge in [-0.2, -0.15) is 0 Å². The van der Waals surface area contributed by atoms with E-state index in [9.17, 15) is 4.79 Å². The van der Waals surface area contributed by atoms with Crippen LogP contribution in [-0.2, 0) is 18.0 Å². The molecule has 0 unspecified atom stereocenters. The van der Waals surface area contributed by atoms with Gasteiger partial charge in [0.15, 0.2) is 0 Å². The molecule has 0 aliphatic carbocycles. The molecule has 0 aliphatic rings. The lowest BCUT2D eigenvalue weighted by molar-refractivity contribution is 0.0597. The third kappa shape index (κ3) is 4.85. The van der Waals surface area contributed by atoms with Crippen LogP contribution in [0, 0.1) is 6.92 Å². The first-order chi connectivity index (χ1) is 13.2. The molecular weight excluding hydrogens is 342 g/mol. The lowest BCUT2D eigenvalue weighted by Crippen LogP contribution is -2.10. The number of rotatable bonds is 7. The van der Waals surface area contributed by atoms with Crippen molar-refractivity contribution in [3.8, 4) is 11.5 Å². The molecule has 2 aromatic carbocycles. The van der Waals surface area contributed by atoms with Crippen molar-refractivity contribution in [2.45, 2.75) is 20.1 Å². The molecule has 0 aliphatic heterocycles. The quantitative estimate of drug-likeness (QED) is 0.585. The van der Waals surface area contributed by atoms with Gasteiger partial charge in [0.2, 0.25) is 0 Å². The summed E-state index contributed by atoms with van der Waals surface area (Å²) in [5.74, 6) is 0.987. The number of carbonyl (C=O) groups excluding carboxylic acids is 1. The minimum absolute atomic E-state index is 0.260. The van der Waals surface area contributed by atoms with Crippen LogP contribution < -0.4 is 9.47 Å². The molecule has 0 fully saturated rings. The minimum atomic E-state index is -0.362. The Hall–Kier alpha value is -3.34.